The van der Waals surface area contributed by atoms with Crippen LogP contribution in [0, 0.1) is 13.5 Å². The summed E-state index contributed by atoms with van der Waals surface area (Å²) in [4.78, 5) is 0. The Balaban J connectivity index is 2.06. The smallest absolute Gasteiger partial charge is 0.396 e. The molecule has 2 aromatic carbocycles. The normalized spacial score (nSPS) is 9.89. The molecule has 18 heavy (non-hydrogen) atoms. The maximum Gasteiger partial charge on any atom is 0.493 e. The van der Waals surface area contributed by atoms with Crippen molar-refractivity contribution in [1.82, 2.24) is 0 Å². The van der Waals surface area contributed by atoms with Crippen LogP contribution >= 0.6 is 0 Å². The summed E-state index contributed by atoms with van der Waals surface area (Å²) in [5, 5.41) is 2.68. The van der Waals surface area contributed by atoms with Gasteiger partial charge in [0.25, 0.3) is 0 Å². The number of hydrogen-bond donors (Lipinski definition) is 1. The van der Waals surface area contributed by atoms with Gasteiger partial charge in [-0.05, 0) is 36.7 Å². The standard InChI is InChI=1S/C15H13BFN/c1-12-8-10-15(11-9-12)18-16(17)13(2)14-6-4-3-5-7-14/h3-11,18H,1H3. The molecule has 3 heteroatoms. The van der Waals surface area contributed by atoms with E-state index in [1.165, 1.54) is 0 Å². The van der Waals surface area contributed by atoms with Crippen LogP contribution in [0.1, 0.15) is 11.1 Å². The number of aryl methyl sites for hydroxylation is 1. The van der Waals surface area contributed by atoms with E-state index < -0.39 is 7.12 Å². The Morgan fingerprint density at radius 2 is 1.67 bits per heavy atom. The van der Waals surface area contributed by atoms with Gasteiger partial charge in [-0.3, -0.25) is 4.32 Å². The highest BCUT2D eigenvalue weighted by Gasteiger charge is 2.20. The Kier molecular flexibility index (Phi) is 3.83. The van der Waals surface area contributed by atoms with Crippen molar-refractivity contribution in [1.29, 1.82) is 0 Å². The van der Waals surface area contributed by atoms with Crippen LogP contribution in [-0.4, -0.2) is 7.12 Å². The molecule has 0 bridgehead atoms. The summed E-state index contributed by atoms with van der Waals surface area (Å²) in [7, 11) is -1.50. The minimum atomic E-state index is -1.50. The quantitative estimate of drug-likeness (QED) is 0.797. The second-order valence-corrected chi connectivity index (χ2v) is 4.15. The van der Waals surface area contributed by atoms with Crippen molar-refractivity contribution >= 4 is 18.3 Å². The highest BCUT2D eigenvalue weighted by atomic mass is 19.1. The zero-order valence-electron chi connectivity index (χ0n) is 10.2. The van der Waals surface area contributed by atoms with Crippen LogP contribution in [0.25, 0.3) is 5.47 Å². The molecule has 0 unspecified atom stereocenters. The molecule has 0 saturated heterocycles. The molecular formula is C15H13BFN. The summed E-state index contributed by atoms with van der Waals surface area (Å²) in [5.41, 5.74) is 2.32. The van der Waals surface area contributed by atoms with E-state index in [-0.39, 0.29) is 5.47 Å². The largest absolute Gasteiger partial charge is 0.493 e. The number of halogens is 1. The average Bonchev–Trinajstić information content (AvgIpc) is 2.41. The highest BCUT2D eigenvalue weighted by molar-refractivity contribution is 6.75. The Bertz CT molecular complexity index is 522. The lowest BCUT2D eigenvalue weighted by Gasteiger charge is -2.11. The molecule has 0 saturated carbocycles. The fourth-order valence-electron chi connectivity index (χ4n) is 1.63. The Morgan fingerprint density at radius 1 is 1.06 bits per heavy atom. The third-order valence-electron chi connectivity index (χ3n) is 2.68. The lowest BCUT2D eigenvalue weighted by molar-refractivity contribution is 0.856. The Hall–Kier alpha value is -2.03. The fraction of sp³-hybridized carbons (Fsp3) is 0.0667. The van der Waals surface area contributed by atoms with Crippen LogP contribution in [0.5, 0.6) is 0 Å². The summed E-state index contributed by atoms with van der Waals surface area (Å²) >= 11 is 0. The highest BCUT2D eigenvalue weighted by Crippen LogP contribution is 2.18. The molecule has 0 aliphatic heterocycles. The molecule has 0 aromatic heterocycles. The average molecular weight is 237 g/mol. The van der Waals surface area contributed by atoms with E-state index in [0.717, 1.165) is 5.56 Å². The van der Waals surface area contributed by atoms with Crippen LogP contribution < -0.4 is 5.23 Å². The Labute approximate surface area is 108 Å². The van der Waals surface area contributed by atoms with E-state index in [4.69, 9.17) is 6.58 Å². The lowest BCUT2D eigenvalue weighted by atomic mass is 9.73. The Morgan fingerprint density at radius 3 is 2.28 bits per heavy atom. The van der Waals surface area contributed by atoms with Crippen molar-refractivity contribution in [2.24, 2.45) is 0 Å². The van der Waals surface area contributed by atoms with Gasteiger partial charge in [0.1, 0.15) is 0 Å². The molecule has 0 aliphatic carbocycles. The van der Waals surface area contributed by atoms with E-state index in [1.54, 1.807) is 36.4 Å². The minimum Gasteiger partial charge on any atom is -0.396 e. The molecule has 0 atom stereocenters. The van der Waals surface area contributed by atoms with Crippen LogP contribution in [0.3, 0.4) is 0 Å². The second-order valence-electron chi connectivity index (χ2n) is 4.15. The van der Waals surface area contributed by atoms with Gasteiger partial charge in [0.05, 0.1) is 0 Å². The molecule has 88 valence electrons. The molecule has 0 amide bonds. The summed E-state index contributed by atoms with van der Waals surface area (Å²) < 4.78 is 13.9. The van der Waals surface area contributed by atoms with E-state index in [9.17, 15) is 4.32 Å². The van der Waals surface area contributed by atoms with Crippen LogP contribution in [0.15, 0.2) is 54.6 Å². The monoisotopic (exact) mass is 237 g/mol. The molecule has 0 heterocycles. The number of nitrogens with one attached hydrogen (secondary N) is 1. The van der Waals surface area contributed by atoms with Crippen LogP contribution in [0.2, 0.25) is 0 Å². The first-order valence-electron chi connectivity index (χ1n) is 5.78. The topological polar surface area (TPSA) is 12.0 Å². The number of rotatable bonds is 4. The molecular weight excluding hydrogens is 224 g/mol. The molecule has 2 rings (SSSR count). The van der Waals surface area contributed by atoms with Crippen molar-refractivity contribution in [3.05, 3.63) is 72.3 Å². The lowest BCUT2D eigenvalue weighted by Crippen LogP contribution is -2.21. The van der Waals surface area contributed by atoms with Crippen LogP contribution in [0.4, 0.5) is 10.0 Å². The predicted octanol–water partition coefficient (Wildman–Crippen LogP) is 3.80. The van der Waals surface area contributed by atoms with Crippen LogP contribution in [-0.2, 0) is 0 Å². The van der Waals surface area contributed by atoms with E-state index in [2.05, 4.69) is 5.23 Å². The SMILES string of the molecule is [C]=C(B(F)Nc1ccc(C)cc1)c1ccccc1. The number of benzene rings is 2. The summed E-state index contributed by atoms with van der Waals surface area (Å²) in [6.45, 7) is 9.76. The van der Waals surface area contributed by atoms with E-state index in [1.807, 2.05) is 25.1 Å². The molecule has 0 aliphatic rings. The van der Waals surface area contributed by atoms with Crippen molar-refractivity contribution in [3.63, 3.8) is 0 Å². The van der Waals surface area contributed by atoms with E-state index in [0.29, 0.717) is 11.3 Å². The van der Waals surface area contributed by atoms with Crippen molar-refractivity contribution in [2.75, 3.05) is 5.23 Å². The zero-order chi connectivity index (χ0) is 13.0. The van der Waals surface area contributed by atoms with Gasteiger partial charge in [-0.1, -0.05) is 48.0 Å². The summed E-state index contributed by atoms with van der Waals surface area (Å²) in [5.74, 6) is 0. The molecule has 2 aromatic rings. The molecule has 0 spiro atoms. The van der Waals surface area contributed by atoms with Gasteiger partial charge in [-0.15, -0.1) is 0 Å². The fourth-order valence-corrected chi connectivity index (χ4v) is 1.63. The first-order valence-corrected chi connectivity index (χ1v) is 5.78. The summed E-state index contributed by atoms with van der Waals surface area (Å²) in [6.07, 6.45) is 0. The second kappa shape index (κ2) is 5.54. The van der Waals surface area contributed by atoms with Gasteiger partial charge in [0, 0.05) is 5.69 Å². The van der Waals surface area contributed by atoms with Gasteiger partial charge < -0.3 is 5.23 Å². The molecule has 0 fully saturated rings. The predicted molar refractivity (Wildman–Crippen MR) is 74.8 cm³/mol. The molecule has 2 radical (unpaired) electrons. The maximum atomic E-state index is 13.9. The first-order chi connectivity index (χ1) is 8.66. The van der Waals surface area contributed by atoms with E-state index >= 15 is 0 Å². The van der Waals surface area contributed by atoms with Gasteiger partial charge in [-0.25, -0.2) is 0 Å². The van der Waals surface area contributed by atoms with Crippen molar-refractivity contribution < 1.29 is 4.32 Å². The number of hydrogen-bond acceptors (Lipinski definition) is 1. The number of anilines is 1. The minimum absolute atomic E-state index is 0.0591. The maximum absolute atomic E-state index is 13.9. The van der Waals surface area contributed by atoms with Gasteiger partial charge in [-0.2, -0.15) is 0 Å². The molecule has 1 N–H and O–H groups in total. The summed E-state index contributed by atoms with van der Waals surface area (Å²) in [6, 6.07) is 16.3. The van der Waals surface area contributed by atoms with Gasteiger partial charge in [0.15, 0.2) is 0 Å². The first kappa shape index (κ1) is 12.4. The third-order valence-corrected chi connectivity index (χ3v) is 2.68. The zero-order valence-corrected chi connectivity index (χ0v) is 10.2. The molecule has 1 nitrogen and oxygen atoms in total. The van der Waals surface area contributed by atoms with Crippen molar-refractivity contribution in [2.45, 2.75) is 6.92 Å². The third kappa shape index (κ3) is 3.01. The van der Waals surface area contributed by atoms with Crippen molar-refractivity contribution in [3.8, 4) is 0 Å². The van der Waals surface area contributed by atoms with Gasteiger partial charge >= 0.3 is 7.12 Å². The van der Waals surface area contributed by atoms with Gasteiger partial charge in [0.2, 0.25) is 0 Å².